The third-order valence-corrected chi connectivity index (χ3v) is 3.19. The molecule has 0 saturated heterocycles. The lowest BCUT2D eigenvalue weighted by atomic mass is 10.2. The quantitative estimate of drug-likeness (QED) is 0.904. The van der Waals surface area contributed by atoms with Crippen LogP contribution in [0.15, 0.2) is 52.4 Å². The highest BCUT2D eigenvalue weighted by Crippen LogP contribution is 2.27. The molecule has 0 fully saturated rings. The molecule has 0 aliphatic carbocycles. The van der Waals surface area contributed by atoms with Gasteiger partial charge >= 0.3 is 0 Å². The van der Waals surface area contributed by atoms with Crippen LogP contribution in [0.25, 0.3) is 0 Å². The Balaban J connectivity index is 2.14. The van der Waals surface area contributed by atoms with Crippen LogP contribution in [0.5, 0.6) is 0 Å². The molecular formula is C13H12FNOS. The number of aliphatic hydroxyl groups excluding tert-OH is 1. The van der Waals surface area contributed by atoms with E-state index >= 15 is 0 Å². The van der Waals surface area contributed by atoms with Crippen LogP contribution in [0.3, 0.4) is 0 Å². The van der Waals surface area contributed by atoms with Crippen molar-refractivity contribution in [1.29, 1.82) is 0 Å². The van der Waals surface area contributed by atoms with Crippen LogP contribution in [0.2, 0.25) is 0 Å². The third-order valence-electron chi connectivity index (χ3n) is 2.22. The third kappa shape index (κ3) is 3.28. The number of nitrogens with zero attached hydrogens (tertiary/aromatic N) is 1. The summed E-state index contributed by atoms with van der Waals surface area (Å²) in [7, 11) is 0. The van der Waals surface area contributed by atoms with Gasteiger partial charge in [0.2, 0.25) is 0 Å². The van der Waals surface area contributed by atoms with Gasteiger partial charge in [-0.05, 0) is 37.3 Å². The molecule has 2 rings (SSSR count). The minimum absolute atomic E-state index is 0.247. The number of halogens is 1. The number of pyridine rings is 1. The Morgan fingerprint density at radius 2 is 2.06 bits per heavy atom. The van der Waals surface area contributed by atoms with Crippen molar-refractivity contribution >= 4 is 11.8 Å². The van der Waals surface area contributed by atoms with Crippen LogP contribution in [0.1, 0.15) is 18.7 Å². The fourth-order valence-corrected chi connectivity index (χ4v) is 2.20. The highest BCUT2D eigenvalue weighted by atomic mass is 32.2. The molecule has 0 bridgehead atoms. The van der Waals surface area contributed by atoms with Gasteiger partial charge < -0.3 is 5.11 Å². The van der Waals surface area contributed by atoms with Gasteiger partial charge in [0.05, 0.1) is 11.8 Å². The molecule has 17 heavy (non-hydrogen) atoms. The van der Waals surface area contributed by atoms with E-state index < -0.39 is 6.10 Å². The normalized spacial score (nSPS) is 12.4. The Morgan fingerprint density at radius 3 is 2.65 bits per heavy atom. The van der Waals surface area contributed by atoms with Crippen molar-refractivity contribution < 1.29 is 9.50 Å². The average Bonchev–Trinajstić information content (AvgIpc) is 2.29. The van der Waals surface area contributed by atoms with Crippen LogP contribution in [0, 0.1) is 5.82 Å². The summed E-state index contributed by atoms with van der Waals surface area (Å²) in [5.41, 5.74) is 0.633. The molecule has 1 N–H and O–H groups in total. The summed E-state index contributed by atoms with van der Waals surface area (Å²) in [6.45, 7) is 1.67. The maximum atomic E-state index is 13.0. The highest BCUT2D eigenvalue weighted by Gasteiger charge is 2.03. The fourth-order valence-electron chi connectivity index (χ4n) is 1.37. The number of aromatic nitrogens is 1. The largest absolute Gasteiger partial charge is 0.387 e. The van der Waals surface area contributed by atoms with Gasteiger partial charge in [-0.15, -0.1) is 0 Å². The van der Waals surface area contributed by atoms with Crippen LogP contribution in [-0.4, -0.2) is 10.1 Å². The van der Waals surface area contributed by atoms with E-state index in [1.807, 2.05) is 12.1 Å². The van der Waals surface area contributed by atoms with Gasteiger partial charge in [-0.2, -0.15) is 0 Å². The predicted octanol–water partition coefficient (Wildman–Crippen LogP) is 3.43. The summed E-state index contributed by atoms with van der Waals surface area (Å²) in [5, 5.41) is 9.32. The van der Waals surface area contributed by atoms with Gasteiger partial charge in [-0.3, -0.25) is 4.98 Å². The predicted molar refractivity (Wildman–Crippen MR) is 65.4 cm³/mol. The molecule has 0 saturated carbocycles. The van der Waals surface area contributed by atoms with Gasteiger partial charge in [0.15, 0.2) is 0 Å². The fraction of sp³-hybridized carbons (Fsp3) is 0.154. The molecule has 0 aliphatic heterocycles. The Morgan fingerprint density at radius 1 is 1.24 bits per heavy atom. The van der Waals surface area contributed by atoms with E-state index in [9.17, 15) is 9.50 Å². The second-order valence-corrected chi connectivity index (χ2v) is 4.80. The topological polar surface area (TPSA) is 33.1 Å². The van der Waals surface area contributed by atoms with Crippen molar-refractivity contribution in [3.05, 3.63) is 54.1 Å². The first kappa shape index (κ1) is 12.1. The molecule has 1 aromatic carbocycles. The lowest BCUT2D eigenvalue weighted by Crippen LogP contribution is -1.94. The number of hydrogen-bond donors (Lipinski definition) is 1. The van der Waals surface area contributed by atoms with Crippen LogP contribution >= 0.6 is 11.8 Å². The molecule has 2 aromatic rings. The molecule has 1 heterocycles. The van der Waals surface area contributed by atoms with Crippen molar-refractivity contribution in [3.63, 3.8) is 0 Å². The first-order chi connectivity index (χ1) is 8.15. The monoisotopic (exact) mass is 249 g/mol. The van der Waals surface area contributed by atoms with Crippen molar-refractivity contribution in [2.75, 3.05) is 0 Å². The molecule has 2 nitrogen and oxygen atoms in total. The molecule has 0 radical (unpaired) electrons. The van der Waals surface area contributed by atoms with E-state index in [0.29, 0.717) is 5.69 Å². The lowest BCUT2D eigenvalue weighted by Gasteiger charge is -2.05. The summed E-state index contributed by atoms with van der Waals surface area (Å²) in [5.74, 6) is -0.247. The van der Waals surface area contributed by atoms with E-state index in [0.717, 1.165) is 9.79 Å². The zero-order chi connectivity index (χ0) is 12.3. The molecule has 4 heteroatoms. The number of rotatable bonds is 3. The maximum absolute atomic E-state index is 13.0. The lowest BCUT2D eigenvalue weighted by molar-refractivity contribution is 0.194. The SMILES string of the molecule is C[C@H](O)c1ccc(Sc2cccc(F)c2)cn1. The smallest absolute Gasteiger partial charge is 0.124 e. The van der Waals surface area contributed by atoms with E-state index in [4.69, 9.17) is 0 Å². The Labute approximate surface area is 104 Å². The summed E-state index contributed by atoms with van der Waals surface area (Å²) in [6, 6.07) is 10.1. The summed E-state index contributed by atoms with van der Waals surface area (Å²) < 4.78 is 13.0. The van der Waals surface area contributed by atoms with Gasteiger partial charge in [-0.1, -0.05) is 17.8 Å². The number of benzene rings is 1. The second-order valence-electron chi connectivity index (χ2n) is 3.65. The van der Waals surface area contributed by atoms with Crippen molar-refractivity contribution in [2.45, 2.75) is 22.8 Å². The van der Waals surface area contributed by atoms with Crippen LogP contribution in [-0.2, 0) is 0 Å². The van der Waals surface area contributed by atoms with Gasteiger partial charge in [-0.25, -0.2) is 4.39 Å². The number of aliphatic hydroxyl groups is 1. The van der Waals surface area contributed by atoms with Crippen molar-refractivity contribution in [1.82, 2.24) is 4.98 Å². The Hall–Kier alpha value is -1.39. The summed E-state index contributed by atoms with van der Waals surface area (Å²) >= 11 is 1.44. The van der Waals surface area contributed by atoms with Gasteiger partial charge in [0.25, 0.3) is 0 Å². The zero-order valence-electron chi connectivity index (χ0n) is 9.30. The van der Waals surface area contributed by atoms with E-state index in [-0.39, 0.29) is 5.82 Å². The van der Waals surface area contributed by atoms with E-state index in [1.54, 1.807) is 25.3 Å². The molecule has 1 atom stereocenters. The standard InChI is InChI=1S/C13H12FNOS/c1-9(16)13-6-5-12(8-15-13)17-11-4-2-3-10(14)7-11/h2-9,16H,1H3/t9-/m0/s1. The minimum Gasteiger partial charge on any atom is -0.387 e. The van der Waals surface area contributed by atoms with Crippen molar-refractivity contribution in [2.24, 2.45) is 0 Å². The Bertz CT molecular complexity index is 499. The molecular weight excluding hydrogens is 237 g/mol. The summed E-state index contributed by atoms with van der Waals surface area (Å²) in [4.78, 5) is 5.88. The molecule has 0 unspecified atom stereocenters. The minimum atomic E-state index is -0.566. The van der Waals surface area contributed by atoms with Gasteiger partial charge in [0.1, 0.15) is 5.82 Å². The first-order valence-electron chi connectivity index (χ1n) is 5.22. The second kappa shape index (κ2) is 5.29. The first-order valence-corrected chi connectivity index (χ1v) is 6.04. The van der Waals surface area contributed by atoms with E-state index in [1.165, 1.54) is 23.9 Å². The molecule has 0 amide bonds. The summed E-state index contributed by atoms with van der Waals surface area (Å²) in [6.07, 6.45) is 1.11. The molecule has 1 aromatic heterocycles. The zero-order valence-corrected chi connectivity index (χ0v) is 10.1. The van der Waals surface area contributed by atoms with Crippen molar-refractivity contribution in [3.8, 4) is 0 Å². The average molecular weight is 249 g/mol. The highest BCUT2D eigenvalue weighted by molar-refractivity contribution is 7.99. The Kier molecular flexibility index (Phi) is 3.76. The number of hydrogen-bond acceptors (Lipinski definition) is 3. The maximum Gasteiger partial charge on any atom is 0.124 e. The molecule has 0 aliphatic rings. The molecule has 88 valence electrons. The molecule has 0 spiro atoms. The van der Waals surface area contributed by atoms with Crippen LogP contribution < -0.4 is 0 Å². The van der Waals surface area contributed by atoms with E-state index in [2.05, 4.69) is 4.98 Å². The van der Waals surface area contributed by atoms with Gasteiger partial charge in [0, 0.05) is 16.0 Å². The van der Waals surface area contributed by atoms with Crippen LogP contribution in [0.4, 0.5) is 4.39 Å².